The van der Waals surface area contributed by atoms with Crippen LogP contribution in [-0.2, 0) is 4.74 Å². The predicted octanol–water partition coefficient (Wildman–Crippen LogP) is 2.99. The fourth-order valence-corrected chi connectivity index (χ4v) is 3.25. The van der Waals surface area contributed by atoms with Crippen LogP contribution < -0.4 is 11.3 Å². The summed E-state index contributed by atoms with van der Waals surface area (Å²) < 4.78 is 6.14. The SMILES string of the molecule is CCCCCC(NN)C1CC(C)(C)OC1(C)C. The van der Waals surface area contributed by atoms with Gasteiger partial charge < -0.3 is 4.74 Å². The van der Waals surface area contributed by atoms with E-state index in [9.17, 15) is 0 Å². The van der Waals surface area contributed by atoms with Crippen LogP contribution in [0.5, 0.6) is 0 Å². The van der Waals surface area contributed by atoms with Crippen molar-refractivity contribution in [3.63, 3.8) is 0 Å². The Morgan fingerprint density at radius 2 is 1.94 bits per heavy atom. The molecule has 3 N–H and O–H groups in total. The molecule has 0 aromatic heterocycles. The molecular weight excluding hydrogens is 212 g/mol. The minimum Gasteiger partial charge on any atom is -0.369 e. The number of nitrogens with one attached hydrogen (secondary N) is 1. The molecule has 0 aliphatic carbocycles. The van der Waals surface area contributed by atoms with Gasteiger partial charge in [-0.15, -0.1) is 0 Å². The summed E-state index contributed by atoms with van der Waals surface area (Å²) in [5.41, 5.74) is 2.92. The van der Waals surface area contributed by atoms with Crippen molar-refractivity contribution >= 4 is 0 Å². The second kappa shape index (κ2) is 5.68. The van der Waals surface area contributed by atoms with Crippen LogP contribution in [0.15, 0.2) is 0 Å². The third-order valence-electron chi connectivity index (χ3n) is 3.96. The molecule has 0 amide bonds. The van der Waals surface area contributed by atoms with Crippen molar-refractivity contribution in [3.05, 3.63) is 0 Å². The molecule has 1 fully saturated rings. The third-order valence-corrected chi connectivity index (χ3v) is 3.96. The van der Waals surface area contributed by atoms with E-state index in [1.165, 1.54) is 19.3 Å². The van der Waals surface area contributed by atoms with Crippen molar-refractivity contribution in [2.24, 2.45) is 11.8 Å². The van der Waals surface area contributed by atoms with Crippen LogP contribution in [0, 0.1) is 5.92 Å². The monoisotopic (exact) mass is 242 g/mol. The first kappa shape index (κ1) is 14.9. The van der Waals surface area contributed by atoms with Crippen LogP contribution in [0.3, 0.4) is 0 Å². The molecule has 1 heterocycles. The highest BCUT2D eigenvalue weighted by Gasteiger charge is 2.48. The molecule has 3 nitrogen and oxygen atoms in total. The zero-order valence-corrected chi connectivity index (χ0v) is 12.2. The van der Waals surface area contributed by atoms with Crippen LogP contribution in [0.4, 0.5) is 0 Å². The van der Waals surface area contributed by atoms with Gasteiger partial charge in [-0.3, -0.25) is 11.3 Å². The molecule has 1 rings (SSSR count). The van der Waals surface area contributed by atoms with Gasteiger partial charge in [-0.2, -0.15) is 0 Å². The van der Waals surface area contributed by atoms with Gasteiger partial charge in [-0.05, 0) is 40.5 Å². The van der Waals surface area contributed by atoms with E-state index in [0.29, 0.717) is 12.0 Å². The molecule has 2 atom stereocenters. The number of hydrazine groups is 1. The molecule has 0 spiro atoms. The second-order valence-corrected chi connectivity index (χ2v) is 6.54. The Bertz CT molecular complexity index is 238. The quantitative estimate of drug-likeness (QED) is 0.427. The first-order valence-corrected chi connectivity index (χ1v) is 6.98. The summed E-state index contributed by atoms with van der Waals surface area (Å²) in [4.78, 5) is 0. The van der Waals surface area contributed by atoms with Crippen LogP contribution in [0.2, 0.25) is 0 Å². The lowest BCUT2D eigenvalue weighted by atomic mass is 9.80. The number of rotatable bonds is 6. The lowest BCUT2D eigenvalue weighted by Crippen LogP contribution is -2.47. The lowest BCUT2D eigenvalue weighted by molar-refractivity contribution is -0.0779. The van der Waals surface area contributed by atoms with Crippen molar-refractivity contribution in [2.45, 2.75) is 84.0 Å². The summed E-state index contributed by atoms with van der Waals surface area (Å²) in [6.45, 7) is 11.0. The Hall–Kier alpha value is -0.120. The van der Waals surface area contributed by atoms with E-state index in [-0.39, 0.29) is 11.2 Å². The lowest BCUT2D eigenvalue weighted by Gasteiger charge is -2.32. The Morgan fingerprint density at radius 1 is 1.29 bits per heavy atom. The van der Waals surface area contributed by atoms with Crippen molar-refractivity contribution in [1.29, 1.82) is 0 Å². The van der Waals surface area contributed by atoms with Crippen LogP contribution in [0.1, 0.15) is 66.7 Å². The average Bonchev–Trinajstić information content (AvgIpc) is 2.42. The van der Waals surface area contributed by atoms with Crippen molar-refractivity contribution in [2.75, 3.05) is 0 Å². The molecule has 0 saturated carbocycles. The van der Waals surface area contributed by atoms with Crippen molar-refractivity contribution < 1.29 is 4.74 Å². The van der Waals surface area contributed by atoms with Gasteiger partial charge in [0.1, 0.15) is 0 Å². The predicted molar refractivity (Wildman–Crippen MR) is 72.6 cm³/mol. The molecule has 0 radical (unpaired) electrons. The van der Waals surface area contributed by atoms with E-state index >= 15 is 0 Å². The highest BCUT2D eigenvalue weighted by molar-refractivity contribution is 4.98. The molecule has 1 saturated heterocycles. The van der Waals surface area contributed by atoms with Gasteiger partial charge in [0.25, 0.3) is 0 Å². The Labute approximate surface area is 106 Å². The minimum atomic E-state index is -0.0766. The average molecular weight is 242 g/mol. The van der Waals surface area contributed by atoms with Gasteiger partial charge in [0.2, 0.25) is 0 Å². The topological polar surface area (TPSA) is 47.3 Å². The molecule has 17 heavy (non-hydrogen) atoms. The van der Waals surface area contributed by atoms with Crippen molar-refractivity contribution in [3.8, 4) is 0 Å². The Kier molecular flexibility index (Phi) is 4.99. The van der Waals surface area contributed by atoms with E-state index in [1.54, 1.807) is 0 Å². The minimum absolute atomic E-state index is 0.0198. The molecule has 102 valence electrons. The Morgan fingerprint density at radius 3 is 2.35 bits per heavy atom. The normalized spacial score (nSPS) is 28.2. The van der Waals surface area contributed by atoms with Crippen LogP contribution >= 0.6 is 0 Å². The molecule has 3 heteroatoms. The second-order valence-electron chi connectivity index (χ2n) is 6.54. The zero-order valence-electron chi connectivity index (χ0n) is 12.2. The molecule has 0 aromatic carbocycles. The number of nitrogens with two attached hydrogens (primary N) is 1. The summed E-state index contributed by atoms with van der Waals surface area (Å²) in [6, 6.07) is 0.373. The Balaban J connectivity index is 2.62. The standard InChI is InChI=1S/C14H30N2O/c1-6-7-8-9-12(16-15)11-10-13(2,3)17-14(11,4)5/h11-12,16H,6-10,15H2,1-5H3. The maximum Gasteiger partial charge on any atom is 0.0678 e. The summed E-state index contributed by atoms with van der Waals surface area (Å²) in [5, 5.41) is 0. The molecule has 0 bridgehead atoms. The molecule has 1 aliphatic heterocycles. The van der Waals surface area contributed by atoms with Gasteiger partial charge in [0, 0.05) is 12.0 Å². The maximum atomic E-state index is 6.14. The third kappa shape index (κ3) is 3.94. The number of hydrogen-bond acceptors (Lipinski definition) is 3. The van der Waals surface area contributed by atoms with Crippen LogP contribution in [0.25, 0.3) is 0 Å². The highest BCUT2D eigenvalue weighted by atomic mass is 16.5. The molecule has 0 aromatic rings. The van der Waals surface area contributed by atoms with Gasteiger partial charge in [0.15, 0.2) is 0 Å². The number of ether oxygens (including phenoxy) is 1. The molecule has 2 unspecified atom stereocenters. The summed E-state index contributed by atoms with van der Waals surface area (Å²) in [5.74, 6) is 6.24. The zero-order chi connectivity index (χ0) is 13.1. The summed E-state index contributed by atoms with van der Waals surface area (Å²) in [6.07, 6.45) is 6.03. The summed E-state index contributed by atoms with van der Waals surface area (Å²) >= 11 is 0. The highest BCUT2D eigenvalue weighted by Crippen LogP contribution is 2.44. The number of unbranched alkanes of at least 4 members (excludes halogenated alkanes) is 2. The first-order valence-electron chi connectivity index (χ1n) is 6.98. The van der Waals surface area contributed by atoms with E-state index in [1.807, 2.05) is 0 Å². The summed E-state index contributed by atoms with van der Waals surface area (Å²) in [7, 11) is 0. The largest absolute Gasteiger partial charge is 0.369 e. The fourth-order valence-electron chi connectivity index (χ4n) is 3.25. The van der Waals surface area contributed by atoms with Gasteiger partial charge >= 0.3 is 0 Å². The van der Waals surface area contributed by atoms with Crippen molar-refractivity contribution in [1.82, 2.24) is 5.43 Å². The molecule has 1 aliphatic rings. The van der Waals surface area contributed by atoms with Gasteiger partial charge in [0.05, 0.1) is 11.2 Å². The fraction of sp³-hybridized carbons (Fsp3) is 1.00. The smallest absolute Gasteiger partial charge is 0.0678 e. The van der Waals surface area contributed by atoms with E-state index < -0.39 is 0 Å². The van der Waals surface area contributed by atoms with E-state index in [0.717, 1.165) is 12.8 Å². The van der Waals surface area contributed by atoms with E-state index in [2.05, 4.69) is 40.0 Å². The van der Waals surface area contributed by atoms with E-state index in [4.69, 9.17) is 10.6 Å². The van der Waals surface area contributed by atoms with Crippen LogP contribution in [-0.4, -0.2) is 17.2 Å². The van der Waals surface area contributed by atoms with Gasteiger partial charge in [-0.25, -0.2) is 0 Å². The maximum absolute atomic E-state index is 6.14. The molecular formula is C14H30N2O. The van der Waals surface area contributed by atoms with Gasteiger partial charge in [-0.1, -0.05) is 26.2 Å². The first-order chi connectivity index (χ1) is 7.82. The number of hydrogen-bond donors (Lipinski definition) is 2.